The molecule has 0 aliphatic carbocycles. The topological polar surface area (TPSA) is 85.1 Å². The average molecular weight is 476 g/mol. The van der Waals surface area contributed by atoms with E-state index >= 15 is 0 Å². The summed E-state index contributed by atoms with van der Waals surface area (Å²) in [6, 6.07) is 3.75. The average Bonchev–Trinajstić information content (AvgIpc) is 3.34. The highest BCUT2D eigenvalue weighted by Gasteiger charge is 2.38. The Labute approximate surface area is 180 Å². The second-order valence-corrected chi connectivity index (χ2v) is 7.42. The van der Waals surface area contributed by atoms with Gasteiger partial charge in [-0.3, -0.25) is 9.48 Å². The molecule has 170 valence electrons. The molecule has 32 heavy (non-hydrogen) atoms. The fraction of sp³-hybridized carbons (Fsp3) is 0.278. The first-order chi connectivity index (χ1) is 14.9. The number of aromatic nitrogens is 4. The van der Waals surface area contributed by atoms with E-state index in [9.17, 15) is 31.1 Å². The number of hydrogen-bond acceptors (Lipinski definition) is 7. The lowest BCUT2D eigenvalue weighted by Crippen LogP contribution is -2.27. The SMILES string of the molecule is Cc1c(C(=O)CC(=NNc2nc(-c3cccs3)cc(C(F)(F)F)n2)C(F)(F)F)cnn1C. The van der Waals surface area contributed by atoms with Gasteiger partial charge in [-0.05, 0) is 24.4 Å². The van der Waals surface area contributed by atoms with Crippen LogP contribution in [0.3, 0.4) is 0 Å². The van der Waals surface area contributed by atoms with Gasteiger partial charge < -0.3 is 0 Å². The Morgan fingerprint density at radius 3 is 2.47 bits per heavy atom. The summed E-state index contributed by atoms with van der Waals surface area (Å²) in [5.41, 5.74) is -0.906. The third kappa shape index (κ3) is 5.30. The van der Waals surface area contributed by atoms with E-state index in [2.05, 4.69) is 20.2 Å². The number of nitrogens with zero attached hydrogens (tertiary/aromatic N) is 5. The zero-order valence-corrected chi connectivity index (χ0v) is 17.2. The maximum atomic E-state index is 13.4. The minimum absolute atomic E-state index is 0.0280. The van der Waals surface area contributed by atoms with Crippen LogP contribution >= 0.6 is 11.3 Å². The molecule has 7 nitrogen and oxygen atoms in total. The number of halogens is 6. The molecule has 0 saturated heterocycles. The number of thiophene rings is 1. The van der Waals surface area contributed by atoms with Gasteiger partial charge in [0.1, 0.15) is 5.71 Å². The van der Waals surface area contributed by atoms with Gasteiger partial charge in [-0.2, -0.15) is 36.5 Å². The van der Waals surface area contributed by atoms with Crippen LogP contribution in [0.2, 0.25) is 0 Å². The lowest BCUT2D eigenvalue weighted by Gasteiger charge is -2.12. The van der Waals surface area contributed by atoms with E-state index in [-0.39, 0.29) is 11.3 Å². The van der Waals surface area contributed by atoms with Gasteiger partial charge in [0.05, 0.1) is 28.8 Å². The van der Waals surface area contributed by atoms with Crippen molar-refractivity contribution >= 4 is 28.8 Å². The lowest BCUT2D eigenvalue weighted by molar-refractivity contribution is -0.141. The van der Waals surface area contributed by atoms with Crippen LogP contribution in [0.25, 0.3) is 10.6 Å². The van der Waals surface area contributed by atoms with Gasteiger partial charge in [0.15, 0.2) is 11.5 Å². The number of aryl methyl sites for hydroxylation is 1. The van der Waals surface area contributed by atoms with Gasteiger partial charge in [-0.15, -0.1) is 11.3 Å². The molecule has 0 unspecified atom stereocenters. The van der Waals surface area contributed by atoms with Crippen LogP contribution in [0.1, 0.15) is 28.2 Å². The van der Waals surface area contributed by atoms with Gasteiger partial charge in [-0.1, -0.05) is 6.07 Å². The number of hydrazone groups is 1. The summed E-state index contributed by atoms with van der Waals surface area (Å²) < 4.78 is 81.1. The zero-order chi connectivity index (χ0) is 23.7. The van der Waals surface area contributed by atoms with E-state index in [1.807, 2.05) is 5.43 Å². The van der Waals surface area contributed by atoms with Crippen LogP contribution in [-0.4, -0.2) is 37.4 Å². The maximum absolute atomic E-state index is 13.4. The number of ketones is 1. The molecular formula is C18H14F6N6OS. The van der Waals surface area contributed by atoms with Crippen LogP contribution in [0.5, 0.6) is 0 Å². The highest BCUT2D eigenvalue weighted by molar-refractivity contribution is 7.13. The fourth-order valence-electron chi connectivity index (χ4n) is 2.53. The highest BCUT2D eigenvalue weighted by atomic mass is 32.1. The Hall–Kier alpha value is -3.29. The monoisotopic (exact) mass is 476 g/mol. The van der Waals surface area contributed by atoms with Crippen LogP contribution in [0.15, 0.2) is 34.9 Å². The lowest BCUT2D eigenvalue weighted by atomic mass is 10.1. The van der Waals surface area contributed by atoms with Crippen LogP contribution in [0.4, 0.5) is 32.3 Å². The predicted molar refractivity (Wildman–Crippen MR) is 104 cm³/mol. The van der Waals surface area contributed by atoms with E-state index in [0.717, 1.165) is 17.5 Å². The van der Waals surface area contributed by atoms with Crippen LogP contribution in [0, 0.1) is 6.92 Å². The molecule has 0 saturated carbocycles. The number of nitrogens with one attached hydrogen (secondary N) is 1. The van der Waals surface area contributed by atoms with E-state index in [0.29, 0.717) is 16.6 Å². The van der Waals surface area contributed by atoms with Crippen molar-refractivity contribution in [2.75, 3.05) is 5.43 Å². The van der Waals surface area contributed by atoms with Crippen molar-refractivity contribution in [2.45, 2.75) is 25.7 Å². The van der Waals surface area contributed by atoms with E-state index in [4.69, 9.17) is 0 Å². The molecule has 1 N–H and O–H groups in total. The fourth-order valence-corrected chi connectivity index (χ4v) is 3.22. The molecule has 0 fully saturated rings. The minimum Gasteiger partial charge on any atom is -0.294 e. The second-order valence-electron chi connectivity index (χ2n) is 6.47. The molecule has 0 spiro atoms. The number of alkyl halides is 6. The van der Waals surface area contributed by atoms with Gasteiger partial charge in [-0.25, -0.2) is 15.4 Å². The van der Waals surface area contributed by atoms with Crippen LogP contribution < -0.4 is 5.43 Å². The third-order valence-electron chi connectivity index (χ3n) is 4.27. The molecule has 0 amide bonds. The molecule has 0 atom stereocenters. The first kappa shape index (κ1) is 23.4. The number of hydrogen-bond donors (Lipinski definition) is 1. The Bertz CT molecular complexity index is 1150. The van der Waals surface area contributed by atoms with Crippen molar-refractivity contribution < 1.29 is 31.1 Å². The Morgan fingerprint density at radius 2 is 1.94 bits per heavy atom. The van der Waals surface area contributed by atoms with Gasteiger partial charge >= 0.3 is 12.4 Å². The Morgan fingerprint density at radius 1 is 1.22 bits per heavy atom. The van der Waals surface area contributed by atoms with Crippen molar-refractivity contribution in [3.63, 3.8) is 0 Å². The normalized spacial score (nSPS) is 12.8. The number of rotatable bonds is 6. The third-order valence-corrected chi connectivity index (χ3v) is 5.16. The summed E-state index contributed by atoms with van der Waals surface area (Å²) in [5.74, 6) is -1.70. The second kappa shape index (κ2) is 8.68. The maximum Gasteiger partial charge on any atom is 0.433 e. The molecule has 14 heteroatoms. The zero-order valence-electron chi connectivity index (χ0n) is 16.4. The number of anilines is 1. The van der Waals surface area contributed by atoms with E-state index < -0.39 is 41.9 Å². The summed E-state index contributed by atoms with van der Waals surface area (Å²) in [7, 11) is 1.52. The molecule has 0 radical (unpaired) electrons. The molecule has 3 aromatic heterocycles. The summed E-state index contributed by atoms with van der Waals surface area (Å²) in [4.78, 5) is 19.7. The van der Waals surface area contributed by atoms with Crippen molar-refractivity contribution in [3.8, 4) is 10.6 Å². The van der Waals surface area contributed by atoms with Crippen molar-refractivity contribution in [1.29, 1.82) is 0 Å². The van der Waals surface area contributed by atoms with Crippen molar-refractivity contribution in [3.05, 3.63) is 46.7 Å². The minimum atomic E-state index is -5.03. The quantitative estimate of drug-likeness (QED) is 0.238. The molecule has 0 aromatic carbocycles. The molecule has 3 rings (SSSR count). The largest absolute Gasteiger partial charge is 0.433 e. The van der Waals surface area contributed by atoms with E-state index in [1.54, 1.807) is 11.4 Å². The highest BCUT2D eigenvalue weighted by Crippen LogP contribution is 2.32. The summed E-state index contributed by atoms with van der Waals surface area (Å²) >= 11 is 1.09. The number of Topliss-reactive ketones (excluding diaryl/α,β-unsaturated/α-hetero) is 1. The first-order valence-electron chi connectivity index (χ1n) is 8.78. The van der Waals surface area contributed by atoms with E-state index in [1.165, 1.54) is 24.7 Å². The van der Waals surface area contributed by atoms with Crippen molar-refractivity contribution in [1.82, 2.24) is 19.7 Å². The van der Waals surface area contributed by atoms with Gasteiger partial charge in [0.25, 0.3) is 0 Å². The van der Waals surface area contributed by atoms with Crippen LogP contribution in [-0.2, 0) is 13.2 Å². The smallest absolute Gasteiger partial charge is 0.294 e. The summed E-state index contributed by atoms with van der Waals surface area (Å²) in [5, 5.41) is 8.52. The molecule has 0 bridgehead atoms. The Balaban J connectivity index is 1.93. The summed E-state index contributed by atoms with van der Waals surface area (Å²) in [6.07, 6.45) is -9.92. The van der Waals surface area contributed by atoms with Gasteiger partial charge in [0, 0.05) is 12.7 Å². The number of carbonyl (C=O) groups excluding carboxylic acids is 1. The van der Waals surface area contributed by atoms with Crippen molar-refractivity contribution in [2.24, 2.45) is 12.1 Å². The molecule has 3 heterocycles. The predicted octanol–water partition coefficient (Wildman–Crippen LogP) is 4.87. The molecule has 0 aliphatic rings. The Kier molecular flexibility index (Phi) is 6.34. The molecule has 0 aliphatic heterocycles. The standard InChI is InChI=1S/C18H14F6N6OS/c1-9-10(8-25-30(9)2)12(31)7-15(18(22,23)24)28-29-16-26-11(13-4-3-5-32-13)6-14(27-16)17(19,20)21/h3-6,8H,7H2,1-2H3,(H,26,27,29). The number of carbonyl (C=O) groups is 1. The molecular weight excluding hydrogens is 462 g/mol. The first-order valence-corrected chi connectivity index (χ1v) is 9.66. The van der Waals surface area contributed by atoms with Gasteiger partial charge in [0.2, 0.25) is 5.95 Å². The summed E-state index contributed by atoms with van der Waals surface area (Å²) in [6.45, 7) is 1.51. The molecule has 3 aromatic rings.